The third-order valence-corrected chi connectivity index (χ3v) is 5.56. The number of carbonyl (C=O) groups is 2. The van der Waals surface area contributed by atoms with Gasteiger partial charge in [-0.15, -0.1) is 0 Å². The number of nitrogens with zero attached hydrogens (tertiary/aromatic N) is 2. The number of hydrogen-bond acceptors (Lipinski definition) is 4. The number of rotatable bonds is 6. The van der Waals surface area contributed by atoms with Crippen LogP contribution >= 0.6 is 0 Å². The maximum absolute atomic E-state index is 13.2. The topological polar surface area (TPSA) is 75.4 Å². The Morgan fingerprint density at radius 2 is 2.03 bits per heavy atom. The molecule has 3 aromatic rings. The fourth-order valence-electron chi connectivity index (χ4n) is 3.89. The van der Waals surface area contributed by atoms with Crippen molar-refractivity contribution >= 4 is 22.8 Å². The molecule has 2 amide bonds. The van der Waals surface area contributed by atoms with Crippen LogP contribution in [0.5, 0.6) is 0 Å². The maximum Gasteiger partial charge on any atom is 0.287 e. The molecule has 2 unspecified atom stereocenters. The molecule has 1 aliphatic rings. The summed E-state index contributed by atoms with van der Waals surface area (Å²) in [6, 6.07) is 13.3. The van der Waals surface area contributed by atoms with Crippen LogP contribution in [0.25, 0.3) is 11.0 Å². The Labute approximate surface area is 169 Å². The van der Waals surface area contributed by atoms with Crippen LogP contribution in [-0.4, -0.2) is 40.8 Å². The van der Waals surface area contributed by atoms with Gasteiger partial charge in [0.05, 0.1) is 12.0 Å². The molecule has 1 aliphatic heterocycles. The van der Waals surface area contributed by atoms with Gasteiger partial charge in [0.25, 0.3) is 5.91 Å². The molecular weight excluding hydrogens is 366 g/mol. The largest absolute Gasteiger partial charge is 0.451 e. The summed E-state index contributed by atoms with van der Waals surface area (Å²) in [4.78, 5) is 31.6. The zero-order valence-corrected chi connectivity index (χ0v) is 16.7. The Kier molecular flexibility index (Phi) is 5.34. The van der Waals surface area contributed by atoms with Crippen molar-refractivity contribution in [3.8, 4) is 0 Å². The minimum Gasteiger partial charge on any atom is -0.451 e. The van der Waals surface area contributed by atoms with Crippen LogP contribution in [-0.2, 0) is 4.79 Å². The first-order valence-electron chi connectivity index (χ1n) is 10.0. The van der Waals surface area contributed by atoms with E-state index in [1.54, 1.807) is 24.5 Å². The Hall–Kier alpha value is -3.15. The lowest BCUT2D eigenvalue weighted by Gasteiger charge is -2.43. The average molecular weight is 391 g/mol. The lowest BCUT2D eigenvalue weighted by atomic mass is 9.85. The summed E-state index contributed by atoms with van der Waals surface area (Å²) in [5.74, 6) is 0.146. The number of furan rings is 1. The summed E-state index contributed by atoms with van der Waals surface area (Å²) in [7, 11) is 0. The Balaban J connectivity index is 1.40. The molecule has 1 N–H and O–H groups in total. The van der Waals surface area contributed by atoms with E-state index in [4.69, 9.17) is 4.42 Å². The van der Waals surface area contributed by atoms with Crippen LogP contribution in [0.15, 0.2) is 59.3 Å². The predicted molar refractivity (Wildman–Crippen MR) is 110 cm³/mol. The van der Waals surface area contributed by atoms with Gasteiger partial charge in [-0.2, -0.15) is 0 Å². The third-order valence-electron chi connectivity index (χ3n) is 5.56. The zero-order valence-electron chi connectivity index (χ0n) is 16.7. The van der Waals surface area contributed by atoms with E-state index in [2.05, 4.69) is 24.1 Å². The number of pyridine rings is 1. The van der Waals surface area contributed by atoms with Crippen LogP contribution in [0.1, 0.15) is 42.3 Å². The number of likely N-dealkylation sites (tertiary alicyclic amines) is 1. The average Bonchev–Trinajstić information content (AvgIpc) is 3.12. The van der Waals surface area contributed by atoms with E-state index < -0.39 is 0 Å². The van der Waals surface area contributed by atoms with Gasteiger partial charge in [-0.1, -0.05) is 44.2 Å². The quantitative estimate of drug-likeness (QED) is 0.697. The second-order valence-electron chi connectivity index (χ2n) is 7.84. The van der Waals surface area contributed by atoms with E-state index in [0.29, 0.717) is 12.1 Å². The normalized spacial score (nSPS) is 17.2. The standard InChI is InChI=1S/C23H25N3O3/c1-15(2)21(16-6-4-3-5-7-16)23(28)26-11-9-18(26)14-25-22(27)20-12-17-13-24-10-8-19(17)29-20/h3-8,10,12-13,15,18,21H,9,11,14H2,1-2H3,(H,25,27). The minimum absolute atomic E-state index is 0.0162. The predicted octanol–water partition coefficient (Wildman–Crippen LogP) is 3.60. The lowest BCUT2D eigenvalue weighted by molar-refractivity contribution is -0.141. The van der Waals surface area contributed by atoms with Crippen molar-refractivity contribution in [3.05, 3.63) is 66.2 Å². The van der Waals surface area contributed by atoms with Crippen LogP contribution in [0.2, 0.25) is 0 Å². The number of benzene rings is 1. The van der Waals surface area contributed by atoms with Crippen molar-refractivity contribution < 1.29 is 14.0 Å². The van der Waals surface area contributed by atoms with Gasteiger partial charge in [0.1, 0.15) is 5.58 Å². The maximum atomic E-state index is 13.2. The van der Waals surface area contributed by atoms with Crippen molar-refractivity contribution in [2.24, 2.45) is 5.92 Å². The monoisotopic (exact) mass is 391 g/mol. The molecule has 0 bridgehead atoms. The first-order valence-corrected chi connectivity index (χ1v) is 10.0. The van der Waals surface area contributed by atoms with Crippen molar-refractivity contribution in [1.82, 2.24) is 15.2 Å². The van der Waals surface area contributed by atoms with Gasteiger partial charge >= 0.3 is 0 Å². The first-order chi connectivity index (χ1) is 14.0. The number of carbonyl (C=O) groups excluding carboxylic acids is 2. The molecule has 1 fully saturated rings. The molecule has 0 radical (unpaired) electrons. The van der Waals surface area contributed by atoms with Gasteiger partial charge in [0.2, 0.25) is 5.91 Å². The minimum atomic E-state index is -0.274. The number of hydrogen-bond donors (Lipinski definition) is 1. The van der Waals surface area contributed by atoms with Crippen LogP contribution in [0.3, 0.4) is 0 Å². The molecule has 6 nitrogen and oxygen atoms in total. The van der Waals surface area contributed by atoms with Gasteiger partial charge in [-0.05, 0) is 30.0 Å². The van der Waals surface area contributed by atoms with E-state index in [9.17, 15) is 9.59 Å². The van der Waals surface area contributed by atoms with Gasteiger partial charge in [0.15, 0.2) is 5.76 Å². The van der Waals surface area contributed by atoms with Gasteiger partial charge in [-0.25, -0.2) is 0 Å². The summed E-state index contributed by atoms with van der Waals surface area (Å²) in [5, 5.41) is 3.70. The van der Waals surface area contributed by atoms with Crippen molar-refractivity contribution in [2.75, 3.05) is 13.1 Å². The molecule has 2 atom stereocenters. The SMILES string of the molecule is CC(C)C(C(=O)N1CCC1CNC(=O)c1cc2cnccc2o1)c1ccccc1. The molecule has 3 heterocycles. The molecule has 6 heteroatoms. The lowest BCUT2D eigenvalue weighted by Crippen LogP contribution is -2.57. The van der Waals surface area contributed by atoms with E-state index in [1.807, 2.05) is 35.2 Å². The highest BCUT2D eigenvalue weighted by atomic mass is 16.3. The summed E-state index contributed by atoms with van der Waals surface area (Å²) in [5.41, 5.74) is 1.67. The second kappa shape index (κ2) is 8.07. The highest BCUT2D eigenvalue weighted by Crippen LogP contribution is 2.30. The number of amides is 2. The van der Waals surface area contributed by atoms with E-state index in [-0.39, 0.29) is 35.5 Å². The Morgan fingerprint density at radius 1 is 1.24 bits per heavy atom. The van der Waals surface area contributed by atoms with E-state index >= 15 is 0 Å². The molecule has 150 valence electrons. The van der Waals surface area contributed by atoms with Crippen molar-refractivity contribution in [2.45, 2.75) is 32.2 Å². The molecule has 4 rings (SSSR count). The van der Waals surface area contributed by atoms with E-state index in [1.165, 1.54) is 0 Å². The highest BCUT2D eigenvalue weighted by Gasteiger charge is 2.37. The molecule has 1 saturated heterocycles. The van der Waals surface area contributed by atoms with Crippen molar-refractivity contribution in [1.29, 1.82) is 0 Å². The molecule has 0 aliphatic carbocycles. The highest BCUT2D eigenvalue weighted by molar-refractivity contribution is 5.96. The third kappa shape index (κ3) is 3.88. The summed E-state index contributed by atoms with van der Waals surface area (Å²) >= 11 is 0. The molecule has 0 spiro atoms. The number of nitrogens with one attached hydrogen (secondary N) is 1. The summed E-state index contributed by atoms with van der Waals surface area (Å²) < 4.78 is 5.58. The van der Waals surface area contributed by atoms with Crippen LogP contribution < -0.4 is 5.32 Å². The van der Waals surface area contributed by atoms with Crippen LogP contribution in [0.4, 0.5) is 0 Å². The molecular formula is C23H25N3O3. The van der Waals surface area contributed by atoms with Crippen molar-refractivity contribution in [3.63, 3.8) is 0 Å². The second-order valence-corrected chi connectivity index (χ2v) is 7.84. The Bertz CT molecular complexity index is 979. The smallest absolute Gasteiger partial charge is 0.287 e. The molecule has 0 saturated carbocycles. The molecule has 29 heavy (non-hydrogen) atoms. The molecule has 2 aromatic heterocycles. The fraction of sp³-hybridized carbons (Fsp3) is 0.348. The van der Waals surface area contributed by atoms with Gasteiger partial charge < -0.3 is 14.6 Å². The number of aromatic nitrogens is 1. The van der Waals surface area contributed by atoms with Gasteiger partial charge in [0, 0.05) is 30.9 Å². The first kappa shape index (κ1) is 19.2. The zero-order chi connectivity index (χ0) is 20.4. The Morgan fingerprint density at radius 3 is 2.69 bits per heavy atom. The summed E-state index contributed by atoms with van der Waals surface area (Å²) in [6.07, 6.45) is 4.18. The molecule has 1 aromatic carbocycles. The number of fused-ring (bicyclic) bond motifs is 1. The van der Waals surface area contributed by atoms with Gasteiger partial charge in [-0.3, -0.25) is 14.6 Å². The van der Waals surface area contributed by atoms with Crippen LogP contribution in [0, 0.1) is 5.92 Å². The summed E-state index contributed by atoms with van der Waals surface area (Å²) in [6.45, 7) is 5.29. The fourth-order valence-corrected chi connectivity index (χ4v) is 3.89. The van der Waals surface area contributed by atoms with E-state index in [0.717, 1.165) is 23.9 Å².